The molecular formula is C26H59N7O9+2. The first-order chi connectivity index (χ1) is 18.5. The van der Waals surface area contributed by atoms with Crippen LogP contribution in [0.2, 0.25) is 0 Å². The molecular weight excluding hydrogens is 554 g/mol. The lowest BCUT2D eigenvalue weighted by molar-refractivity contribution is -0.856. The van der Waals surface area contributed by atoms with Crippen molar-refractivity contribution < 1.29 is 54.6 Å². The number of aldehydes is 1. The van der Waals surface area contributed by atoms with E-state index in [0.29, 0.717) is 6.29 Å². The zero-order chi connectivity index (χ0) is 29.4. The average Bonchev–Trinajstić information content (AvgIpc) is 2.93. The van der Waals surface area contributed by atoms with Crippen LogP contribution in [0, 0.1) is 0 Å². The maximum absolute atomic E-state index is 10.1. The summed E-state index contributed by atoms with van der Waals surface area (Å²) in [5, 5.41) is 17.5. The maximum atomic E-state index is 10.1. The van der Waals surface area contributed by atoms with Gasteiger partial charge in [-0.25, -0.2) is 4.58 Å². The first-order valence-electron chi connectivity index (χ1n) is 13.5. The summed E-state index contributed by atoms with van der Waals surface area (Å²) in [5.41, 5.74) is 0.334. The minimum absolute atomic E-state index is 0. The molecule has 3 fully saturated rings. The van der Waals surface area contributed by atoms with E-state index in [2.05, 4.69) is 66.6 Å². The summed E-state index contributed by atoms with van der Waals surface area (Å²) in [6.45, 7) is 22.9. The molecule has 3 heterocycles. The summed E-state index contributed by atoms with van der Waals surface area (Å²) in [6, 6.07) is 0. The van der Waals surface area contributed by atoms with Crippen molar-refractivity contribution in [2.24, 2.45) is 20.8 Å². The minimum atomic E-state index is -0.754. The third kappa shape index (κ3) is 29.1. The Morgan fingerprint density at radius 3 is 1.62 bits per heavy atom. The van der Waals surface area contributed by atoms with Crippen LogP contribution >= 0.6 is 0 Å². The van der Waals surface area contributed by atoms with Crippen LogP contribution in [0.5, 0.6) is 0 Å². The van der Waals surface area contributed by atoms with Gasteiger partial charge in [0.05, 0.1) is 32.6 Å². The summed E-state index contributed by atoms with van der Waals surface area (Å²) in [7, 11) is 2.87. The Balaban J connectivity index is -0.000000232. The van der Waals surface area contributed by atoms with E-state index < -0.39 is 5.54 Å². The van der Waals surface area contributed by atoms with Crippen LogP contribution in [0.4, 0.5) is 0 Å². The number of morpholine rings is 3. The standard InChI is InChI=1S/C9H18N3O2.C8H15NO.C5H10N2O2.C4H9NO.3H2O/c1-9(2,10-11-13-3)8-12-4-6-14-7-5-12;1-8(2)7-9-3-5-10-6-4-9;1-5(2,4-8)6-7-9-3;1-3-6-4-2-5-1;;;/h8H,4-7H2,1-3H3;7H,3-6H2,1-2H3;4H,1-3H3;5H,1-4H2;3*1H2/q+1;;;;;;/p+1. The van der Waals surface area contributed by atoms with Gasteiger partial charge in [0, 0.05) is 23.6 Å². The second-order valence-corrected chi connectivity index (χ2v) is 10.3. The summed E-state index contributed by atoms with van der Waals surface area (Å²) in [5.74, 6) is 0. The molecule has 0 unspecified atom stereocenters. The molecule has 8 N–H and O–H groups in total. The van der Waals surface area contributed by atoms with Crippen molar-refractivity contribution in [1.29, 1.82) is 0 Å². The zero-order valence-electron chi connectivity index (χ0n) is 26.9. The molecule has 3 saturated heterocycles. The van der Waals surface area contributed by atoms with E-state index in [4.69, 9.17) is 14.2 Å². The fourth-order valence-electron chi connectivity index (χ4n) is 3.20. The molecule has 0 amide bonds. The second-order valence-electron chi connectivity index (χ2n) is 10.3. The molecule has 0 saturated carbocycles. The number of ether oxygens (including phenoxy) is 3. The van der Waals surface area contributed by atoms with Crippen LogP contribution in [0.1, 0.15) is 41.5 Å². The van der Waals surface area contributed by atoms with Crippen molar-refractivity contribution >= 4 is 12.5 Å². The molecule has 3 rings (SSSR count). The second kappa shape index (κ2) is 28.7. The Labute approximate surface area is 251 Å². The number of rotatable bonds is 7. The van der Waals surface area contributed by atoms with Gasteiger partial charge in [-0.05, 0) is 47.1 Å². The number of hydrogen-bond donors (Lipinski definition) is 2. The molecule has 0 aliphatic carbocycles. The topological polar surface area (TPSA) is 227 Å². The highest BCUT2D eigenvalue weighted by molar-refractivity contribution is 5.64. The first-order valence-corrected chi connectivity index (χ1v) is 13.5. The number of allylic oxidation sites excluding steroid dienone is 1. The van der Waals surface area contributed by atoms with Crippen LogP contribution < -0.4 is 10.2 Å². The quantitative estimate of drug-likeness (QED) is 0.154. The van der Waals surface area contributed by atoms with E-state index in [1.54, 1.807) is 18.7 Å². The molecule has 3 aliphatic rings. The van der Waals surface area contributed by atoms with E-state index in [1.807, 2.05) is 13.8 Å². The Kier molecular flexibility index (Phi) is 31.8. The van der Waals surface area contributed by atoms with Crippen molar-refractivity contribution in [3.63, 3.8) is 0 Å². The van der Waals surface area contributed by atoms with E-state index in [9.17, 15) is 4.79 Å². The fraction of sp³-hybridized carbons (Fsp3) is 0.846. The molecule has 0 bridgehead atoms. The monoisotopic (exact) mass is 613 g/mol. The van der Waals surface area contributed by atoms with E-state index in [-0.39, 0.29) is 22.0 Å². The van der Waals surface area contributed by atoms with Gasteiger partial charge in [0.15, 0.2) is 24.8 Å². The van der Waals surface area contributed by atoms with Gasteiger partial charge in [0.1, 0.15) is 52.3 Å². The summed E-state index contributed by atoms with van der Waals surface area (Å²) < 4.78 is 17.7. The number of hydrogen-bond acceptors (Lipinski definition) is 11. The Bertz CT molecular complexity index is 731. The lowest BCUT2D eigenvalue weighted by Gasteiger charge is -2.20. The molecule has 0 aromatic rings. The highest BCUT2D eigenvalue weighted by atomic mass is 16.6. The molecule has 42 heavy (non-hydrogen) atoms. The highest BCUT2D eigenvalue weighted by Gasteiger charge is 2.22. The zero-order valence-corrected chi connectivity index (χ0v) is 26.9. The van der Waals surface area contributed by atoms with Gasteiger partial charge in [-0.15, -0.1) is 10.2 Å². The lowest BCUT2D eigenvalue weighted by Crippen LogP contribution is -3.09. The molecule has 16 heteroatoms. The summed E-state index contributed by atoms with van der Waals surface area (Å²) in [6.07, 6.45) is 5.05. The molecule has 0 aromatic heterocycles. The SMILES string of the molecule is C1COCCN1.CC(C)=C[NH+]1CCOCC1.CON=NC(C)(C)C=O.CON=NC(C)(C)C=[N+]1CCOCC1.O.O.O. The molecule has 250 valence electrons. The van der Waals surface area contributed by atoms with Crippen LogP contribution in [0.25, 0.3) is 0 Å². The first kappa shape index (κ1) is 46.5. The van der Waals surface area contributed by atoms with Gasteiger partial charge in [0.25, 0.3) is 0 Å². The lowest BCUT2D eigenvalue weighted by atomic mass is 10.1. The maximum Gasteiger partial charge on any atom is 0.169 e. The largest absolute Gasteiger partial charge is 0.412 e. The smallest absolute Gasteiger partial charge is 0.169 e. The van der Waals surface area contributed by atoms with Crippen molar-refractivity contribution in [2.45, 2.75) is 52.6 Å². The van der Waals surface area contributed by atoms with Crippen LogP contribution in [0.15, 0.2) is 32.6 Å². The van der Waals surface area contributed by atoms with Gasteiger partial charge >= 0.3 is 0 Å². The summed E-state index contributed by atoms with van der Waals surface area (Å²) in [4.78, 5) is 20.5. The fourth-order valence-corrected chi connectivity index (χ4v) is 3.20. The number of nitrogens with zero attached hydrogens (tertiary/aromatic N) is 5. The van der Waals surface area contributed by atoms with Gasteiger partial charge in [0.2, 0.25) is 0 Å². The Hall–Kier alpha value is -2.44. The Morgan fingerprint density at radius 2 is 1.24 bits per heavy atom. The average molecular weight is 614 g/mol. The molecule has 3 aliphatic heterocycles. The van der Waals surface area contributed by atoms with Crippen LogP contribution in [0.3, 0.4) is 0 Å². The predicted octanol–water partition coefficient (Wildman–Crippen LogP) is -1.17. The molecule has 0 atom stereocenters. The van der Waals surface area contributed by atoms with E-state index in [0.717, 1.165) is 78.9 Å². The van der Waals surface area contributed by atoms with Crippen LogP contribution in [-0.4, -0.2) is 138 Å². The molecule has 0 radical (unpaired) electrons. The Morgan fingerprint density at radius 1 is 0.786 bits per heavy atom. The van der Waals surface area contributed by atoms with E-state index >= 15 is 0 Å². The highest BCUT2D eigenvalue weighted by Crippen LogP contribution is 2.06. The number of carbonyl (C=O) groups excluding carboxylic acids is 1. The van der Waals surface area contributed by atoms with Gasteiger partial charge < -0.3 is 55.3 Å². The predicted molar refractivity (Wildman–Crippen MR) is 160 cm³/mol. The number of quaternary nitrogens is 1. The van der Waals surface area contributed by atoms with E-state index in [1.165, 1.54) is 19.8 Å². The minimum Gasteiger partial charge on any atom is -0.412 e. The third-order valence-electron chi connectivity index (χ3n) is 5.07. The van der Waals surface area contributed by atoms with Crippen molar-refractivity contribution in [3.8, 4) is 0 Å². The molecule has 16 nitrogen and oxygen atoms in total. The number of carbonyl (C=O) groups is 1. The summed E-state index contributed by atoms with van der Waals surface area (Å²) >= 11 is 0. The molecule has 0 aromatic carbocycles. The van der Waals surface area contributed by atoms with Crippen molar-refractivity contribution in [3.05, 3.63) is 11.8 Å². The van der Waals surface area contributed by atoms with Gasteiger partial charge in [-0.3, -0.25) is 0 Å². The van der Waals surface area contributed by atoms with Crippen LogP contribution in [-0.2, 0) is 28.7 Å². The van der Waals surface area contributed by atoms with Crippen molar-refractivity contribution in [1.82, 2.24) is 5.32 Å². The normalized spacial score (nSPS) is 17.1. The number of nitrogens with one attached hydrogen (secondary N) is 2. The van der Waals surface area contributed by atoms with Gasteiger partial charge in [-0.2, -0.15) is 0 Å². The molecule has 0 spiro atoms. The van der Waals surface area contributed by atoms with Gasteiger partial charge in [-0.1, -0.05) is 0 Å². The van der Waals surface area contributed by atoms with Crippen molar-refractivity contribution in [2.75, 3.05) is 93.1 Å². The third-order valence-corrected chi connectivity index (χ3v) is 5.07.